The topological polar surface area (TPSA) is 35.8 Å². The smallest absolute Gasteiger partial charge is 0.165 e. The zero-order chi connectivity index (χ0) is 16.1. The third kappa shape index (κ3) is 3.77. The molecule has 4 heteroatoms. The van der Waals surface area contributed by atoms with E-state index in [-0.39, 0.29) is 0 Å². The van der Waals surface area contributed by atoms with Crippen LogP contribution in [0.25, 0.3) is 0 Å². The van der Waals surface area contributed by atoms with Crippen molar-refractivity contribution in [3.05, 3.63) is 95.5 Å². The van der Waals surface area contributed by atoms with E-state index in [9.17, 15) is 5.21 Å². The Labute approximate surface area is 140 Å². The van der Waals surface area contributed by atoms with Crippen molar-refractivity contribution in [3.63, 3.8) is 0 Å². The predicted molar refractivity (Wildman–Crippen MR) is 94.8 cm³/mol. The van der Waals surface area contributed by atoms with Gasteiger partial charge in [-0.1, -0.05) is 60.1 Å². The summed E-state index contributed by atoms with van der Waals surface area (Å²) in [6, 6.07) is 26.0. The van der Waals surface area contributed by atoms with Crippen LogP contribution in [0.5, 0.6) is 0 Å². The minimum absolute atomic E-state index is 0.444. The minimum Gasteiger partial charge on any atom is -0.282 e. The Bertz CT molecular complexity index is 787. The third-order valence-corrected chi connectivity index (χ3v) is 3.55. The van der Waals surface area contributed by atoms with Gasteiger partial charge in [0, 0.05) is 10.6 Å². The van der Waals surface area contributed by atoms with Gasteiger partial charge in [-0.25, -0.2) is 10.1 Å². The molecule has 0 unspecified atom stereocenters. The Morgan fingerprint density at radius 3 is 1.96 bits per heavy atom. The lowest BCUT2D eigenvalue weighted by Gasteiger charge is -2.19. The van der Waals surface area contributed by atoms with Gasteiger partial charge < -0.3 is 0 Å². The molecule has 0 aliphatic rings. The fourth-order valence-electron chi connectivity index (χ4n) is 2.15. The molecule has 0 fully saturated rings. The standard InChI is InChI=1S/C19H15ClN2O/c20-16-11-13-18(14-12-16)22(23)19(15-7-3-1-4-8-15)21-17-9-5-2-6-10-17/h1-14,23H. The van der Waals surface area contributed by atoms with Crippen LogP contribution in [0, 0.1) is 0 Å². The summed E-state index contributed by atoms with van der Waals surface area (Å²) in [6.45, 7) is 0. The van der Waals surface area contributed by atoms with Crippen molar-refractivity contribution in [2.45, 2.75) is 0 Å². The molecule has 0 atom stereocenters. The lowest BCUT2D eigenvalue weighted by atomic mass is 10.2. The molecule has 114 valence electrons. The van der Waals surface area contributed by atoms with Gasteiger partial charge >= 0.3 is 0 Å². The number of aliphatic imine (C=N–C) groups is 1. The first-order valence-corrected chi connectivity index (χ1v) is 7.55. The number of hydrogen-bond acceptors (Lipinski definition) is 2. The number of benzene rings is 3. The molecule has 0 bridgehead atoms. The highest BCUT2D eigenvalue weighted by atomic mass is 35.5. The van der Waals surface area contributed by atoms with Gasteiger partial charge in [-0.2, -0.15) is 0 Å². The van der Waals surface area contributed by atoms with Crippen LogP contribution in [-0.4, -0.2) is 11.0 Å². The zero-order valence-electron chi connectivity index (χ0n) is 12.3. The molecule has 0 aliphatic heterocycles. The summed E-state index contributed by atoms with van der Waals surface area (Å²) in [5.74, 6) is 0.444. The van der Waals surface area contributed by atoms with Crippen LogP contribution in [0.3, 0.4) is 0 Å². The van der Waals surface area contributed by atoms with Gasteiger partial charge in [0.1, 0.15) is 0 Å². The van der Waals surface area contributed by atoms with Crippen LogP contribution in [-0.2, 0) is 0 Å². The Morgan fingerprint density at radius 1 is 0.783 bits per heavy atom. The van der Waals surface area contributed by atoms with E-state index in [1.165, 1.54) is 0 Å². The highest BCUT2D eigenvalue weighted by Crippen LogP contribution is 2.21. The van der Waals surface area contributed by atoms with Crippen molar-refractivity contribution in [1.82, 2.24) is 0 Å². The third-order valence-electron chi connectivity index (χ3n) is 3.30. The van der Waals surface area contributed by atoms with Crippen LogP contribution in [0.1, 0.15) is 5.56 Å². The highest BCUT2D eigenvalue weighted by Gasteiger charge is 2.14. The molecule has 3 aromatic carbocycles. The molecule has 0 aromatic heterocycles. The van der Waals surface area contributed by atoms with Crippen LogP contribution >= 0.6 is 11.6 Å². The number of rotatable bonds is 3. The van der Waals surface area contributed by atoms with Gasteiger partial charge in [0.05, 0.1) is 11.4 Å². The summed E-state index contributed by atoms with van der Waals surface area (Å²) in [6.07, 6.45) is 0. The highest BCUT2D eigenvalue weighted by molar-refractivity contribution is 6.30. The monoisotopic (exact) mass is 322 g/mol. The Kier molecular flexibility index (Phi) is 4.71. The van der Waals surface area contributed by atoms with Crippen LogP contribution < -0.4 is 5.06 Å². The van der Waals surface area contributed by atoms with Crippen molar-refractivity contribution in [1.29, 1.82) is 0 Å². The molecule has 0 saturated carbocycles. The fourth-order valence-corrected chi connectivity index (χ4v) is 2.28. The fraction of sp³-hybridized carbons (Fsp3) is 0. The van der Waals surface area contributed by atoms with Crippen LogP contribution in [0.2, 0.25) is 5.02 Å². The average molecular weight is 323 g/mol. The van der Waals surface area contributed by atoms with E-state index < -0.39 is 0 Å². The van der Waals surface area contributed by atoms with Crippen LogP contribution in [0.15, 0.2) is 89.9 Å². The molecule has 0 spiro atoms. The molecule has 0 saturated heterocycles. The number of hydrogen-bond donors (Lipinski definition) is 1. The first-order chi connectivity index (χ1) is 11.2. The summed E-state index contributed by atoms with van der Waals surface area (Å²) in [4.78, 5) is 4.59. The molecule has 0 aliphatic carbocycles. The van der Waals surface area contributed by atoms with Gasteiger partial charge in [-0.3, -0.25) is 5.21 Å². The normalized spacial score (nSPS) is 11.3. The van der Waals surface area contributed by atoms with Crippen molar-refractivity contribution < 1.29 is 5.21 Å². The molecule has 3 nitrogen and oxygen atoms in total. The molecule has 1 N–H and O–H groups in total. The second-order valence-corrected chi connectivity index (χ2v) is 5.36. The SMILES string of the molecule is ON(C(=Nc1ccccc1)c1ccccc1)c1ccc(Cl)cc1. The predicted octanol–water partition coefficient (Wildman–Crippen LogP) is 5.31. The molecule has 0 heterocycles. The van der Waals surface area contributed by atoms with Crippen LogP contribution in [0.4, 0.5) is 11.4 Å². The summed E-state index contributed by atoms with van der Waals surface area (Å²) >= 11 is 5.91. The van der Waals surface area contributed by atoms with Crippen molar-refractivity contribution in [2.24, 2.45) is 4.99 Å². The number of halogens is 1. The van der Waals surface area contributed by atoms with E-state index in [0.717, 1.165) is 16.3 Å². The van der Waals surface area contributed by atoms with E-state index in [2.05, 4.69) is 4.99 Å². The molecule has 3 aromatic rings. The maximum atomic E-state index is 10.6. The van der Waals surface area contributed by atoms with Crippen molar-refractivity contribution in [2.75, 3.05) is 5.06 Å². The van der Waals surface area contributed by atoms with Gasteiger partial charge in [0.2, 0.25) is 0 Å². The Balaban J connectivity index is 2.05. The summed E-state index contributed by atoms with van der Waals surface area (Å²) in [5, 5.41) is 12.3. The van der Waals surface area contributed by atoms with Crippen molar-refractivity contribution in [3.8, 4) is 0 Å². The second kappa shape index (κ2) is 7.09. The first-order valence-electron chi connectivity index (χ1n) is 7.18. The van der Waals surface area contributed by atoms with E-state index in [1.54, 1.807) is 24.3 Å². The van der Waals surface area contributed by atoms with Gasteiger partial charge in [-0.05, 0) is 36.4 Å². The van der Waals surface area contributed by atoms with Gasteiger partial charge in [-0.15, -0.1) is 0 Å². The largest absolute Gasteiger partial charge is 0.282 e. The molecule has 0 radical (unpaired) electrons. The van der Waals surface area contributed by atoms with Crippen molar-refractivity contribution >= 4 is 28.8 Å². The minimum atomic E-state index is 0.444. The second-order valence-electron chi connectivity index (χ2n) is 4.93. The average Bonchev–Trinajstić information content (AvgIpc) is 2.61. The van der Waals surface area contributed by atoms with Gasteiger partial charge in [0.25, 0.3) is 0 Å². The van der Waals surface area contributed by atoms with E-state index in [4.69, 9.17) is 11.6 Å². The molecular weight excluding hydrogens is 308 g/mol. The Morgan fingerprint density at radius 2 is 1.35 bits per heavy atom. The number of amidine groups is 1. The maximum absolute atomic E-state index is 10.6. The molecule has 0 amide bonds. The zero-order valence-corrected chi connectivity index (χ0v) is 13.1. The summed E-state index contributed by atoms with van der Waals surface area (Å²) in [7, 11) is 0. The molecular formula is C19H15ClN2O. The summed E-state index contributed by atoms with van der Waals surface area (Å²) < 4.78 is 0. The van der Waals surface area contributed by atoms with E-state index in [1.807, 2.05) is 60.7 Å². The lowest BCUT2D eigenvalue weighted by Crippen LogP contribution is -2.27. The lowest BCUT2D eigenvalue weighted by molar-refractivity contribution is 0.313. The Hall–Kier alpha value is -2.62. The van der Waals surface area contributed by atoms with E-state index in [0.29, 0.717) is 16.5 Å². The summed E-state index contributed by atoms with van der Waals surface area (Å²) in [5.41, 5.74) is 2.17. The quantitative estimate of drug-likeness (QED) is 0.403. The molecule has 23 heavy (non-hydrogen) atoms. The van der Waals surface area contributed by atoms with Gasteiger partial charge in [0.15, 0.2) is 5.84 Å². The number of anilines is 1. The number of nitrogens with zero attached hydrogens (tertiary/aromatic N) is 2. The molecule has 3 rings (SSSR count). The van der Waals surface area contributed by atoms with E-state index >= 15 is 0 Å². The number of para-hydroxylation sites is 1. The first kappa shape index (κ1) is 15.3. The number of hydroxylamine groups is 1. The maximum Gasteiger partial charge on any atom is 0.165 e.